The molecule has 2 aromatic rings. The van der Waals surface area contributed by atoms with Crippen LogP contribution in [0.15, 0.2) is 41.2 Å². The van der Waals surface area contributed by atoms with Crippen molar-refractivity contribution in [1.82, 2.24) is 10.2 Å². The fraction of sp³-hybridized carbons (Fsp3) is 0.250. The smallest absolute Gasteiger partial charge is 0.303 e. The summed E-state index contributed by atoms with van der Waals surface area (Å²) in [6.07, 6.45) is 0. The number of hydrogen-bond acceptors (Lipinski definition) is 5. The van der Waals surface area contributed by atoms with Crippen molar-refractivity contribution in [3.63, 3.8) is 0 Å². The molecule has 1 heterocycles. The lowest BCUT2D eigenvalue weighted by Gasteiger charge is -2.23. The summed E-state index contributed by atoms with van der Waals surface area (Å²) in [5.41, 5.74) is 0.431. The van der Waals surface area contributed by atoms with Crippen molar-refractivity contribution in [1.29, 1.82) is 0 Å². The zero-order valence-corrected chi connectivity index (χ0v) is 13.0. The second-order valence-corrected chi connectivity index (χ2v) is 5.44. The normalized spacial score (nSPS) is 10.9. The first-order valence-electron chi connectivity index (χ1n) is 6.95. The van der Waals surface area contributed by atoms with Gasteiger partial charge in [-0.2, -0.15) is 5.10 Å². The van der Waals surface area contributed by atoms with Crippen molar-refractivity contribution in [3.05, 3.63) is 46.8 Å². The summed E-state index contributed by atoms with van der Waals surface area (Å²) >= 11 is 0. The molecule has 7 heteroatoms. The quantitative estimate of drug-likeness (QED) is 0.837. The van der Waals surface area contributed by atoms with Gasteiger partial charge in [0.15, 0.2) is 5.60 Å². The number of nitrogens with zero attached hydrogens (tertiary/aromatic N) is 1. The van der Waals surface area contributed by atoms with E-state index < -0.39 is 17.5 Å². The average Bonchev–Trinajstić information content (AvgIpc) is 2.47. The zero-order valence-electron chi connectivity index (χ0n) is 13.0. The third kappa shape index (κ3) is 4.26. The van der Waals surface area contributed by atoms with Crippen LogP contribution in [0.5, 0.6) is 0 Å². The molecule has 23 heavy (non-hydrogen) atoms. The fourth-order valence-electron chi connectivity index (χ4n) is 1.92. The Hall–Kier alpha value is -2.96. The van der Waals surface area contributed by atoms with Crippen LogP contribution in [-0.2, 0) is 14.3 Å². The Balaban J connectivity index is 2.11. The highest BCUT2D eigenvalue weighted by molar-refractivity contribution is 5.98. The first kappa shape index (κ1) is 16.4. The van der Waals surface area contributed by atoms with Crippen molar-refractivity contribution in [2.24, 2.45) is 0 Å². The highest BCUT2D eigenvalue weighted by Crippen LogP contribution is 2.20. The summed E-state index contributed by atoms with van der Waals surface area (Å²) in [5.74, 6) is -0.952. The Morgan fingerprint density at radius 2 is 1.78 bits per heavy atom. The van der Waals surface area contributed by atoms with Gasteiger partial charge in [-0.15, -0.1) is 0 Å². The highest BCUT2D eigenvalue weighted by Gasteiger charge is 2.30. The molecule has 0 atom stereocenters. The van der Waals surface area contributed by atoms with Gasteiger partial charge in [0.2, 0.25) is 0 Å². The molecular formula is C16H17N3O4. The van der Waals surface area contributed by atoms with Crippen molar-refractivity contribution in [2.75, 3.05) is 5.32 Å². The number of ether oxygens (including phenoxy) is 1. The highest BCUT2D eigenvalue weighted by atomic mass is 16.6. The number of rotatable bonds is 4. The Bertz CT molecular complexity index is 758. The molecular weight excluding hydrogens is 298 g/mol. The van der Waals surface area contributed by atoms with E-state index in [1.807, 2.05) is 0 Å². The number of carbonyl (C=O) groups excluding carboxylic acids is 2. The van der Waals surface area contributed by atoms with E-state index in [1.165, 1.54) is 26.8 Å². The summed E-state index contributed by atoms with van der Waals surface area (Å²) in [6, 6.07) is 9.91. The van der Waals surface area contributed by atoms with Crippen molar-refractivity contribution in [3.8, 4) is 11.3 Å². The monoisotopic (exact) mass is 315 g/mol. The minimum absolute atomic E-state index is 0.273. The summed E-state index contributed by atoms with van der Waals surface area (Å²) in [6.45, 7) is 4.28. The number of carbonyl (C=O) groups is 2. The SMILES string of the molecule is CC(=O)OC(C)(C)C(=O)Nc1ccc(-c2ccc(=O)[nH]n2)cc1. The van der Waals surface area contributed by atoms with Gasteiger partial charge in [-0.3, -0.25) is 14.4 Å². The number of aromatic nitrogens is 2. The molecule has 1 aromatic heterocycles. The number of amides is 1. The van der Waals surface area contributed by atoms with Crippen molar-refractivity contribution in [2.45, 2.75) is 26.4 Å². The standard InChI is InChI=1S/C16H17N3O4/c1-10(20)23-16(2,3)15(22)17-12-6-4-11(5-7-12)13-8-9-14(21)19-18-13/h4-9H,1-3H3,(H,17,22)(H,19,21). The topological polar surface area (TPSA) is 101 Å². The van der Waals surface area contributed by atoms with Crippen LogP contribution in [0.2, 0.25) is 0 Å². The second-order valence-electron chi connectivity index (χ2n) is 5.44. The van der Waals surface area contributed by atoms with E-state index in [4.69, 9.17) is 4.74 Å². The van der Waals surface area contributed by atoms with Crippen LogP contribution in [-0.4, -0.2) is 27.7 Å². The number of esters is 1. The van der Waals surface area contributed by atoms with E-state index in [1.54, 1.807) is 30.3 Å². The van der Waals surface area contributed by atoms with Crippen molar-refractivity contribution < 1.29 is 14.3 Å². The van der Waals surface area contributed by atoms with Gasteiger partial charge < -0.3 is 10.1 Å². The molecule has 0 radical (unpaired) electrons. The first-order chi connectivity index (χ1) is 10.8. The summed E-state index contributed by atoms with van der Waals surface area (Å²) in [7, 11) is 0. The predicted molar refractivity (Wildman–Crippen MR) is 84.8 cm³/mol. The maximum Gasteiger partial charge on any atom is 0.303 e. The van der Waals surface area contributed by atoms with Crippen LogP contribution in [0.4, 0.5) is 5.69 Å². The molecule has 0 saturated heterocycles. The zero-order chi connectivity index (χ0) is 17.0. The lowest BCUT2D eigenvalue weighted by molar-refractivity contribution is -0.160. The molecule has 0 aliphatic heterocycles. The second kappa shape index (κ2) is 6.43. The molecule has 0 saturated carbocycles. The predicted octanol–water partition coefficient (Wildman–Crippen LogP) is 1.72. The number of anilines is 1. The van der Waals surface area contributed by atoms with E-state index in [-0.39, 0.29) is 5.56 Å². The molecule has 7 nitrogen and oxygen atoms in total. The van der Waals surface area contributed by atoms with Gasteiger partial charge in [-0.1, -0.05) is 12.1 Å². The van der Waals surface area contributed by atoms with E-state index in [9.17, 15) is 14.4 Å². The maximum absolute atomic E-state index is 12.1. The lowest BCUT2D eigenvalue weighted by Crippen LogP contribution is -2.41. The van der Waals surface area contributed by atoms with Gasteiger partial charge in [0.1, 0.15) is 0 Å². The van der Waals surface area contributed by atoms with Crippen LogP contribution in [0.25, 0.3) is 11.3 Å². The molecule has 0 unspecified atom stereocenters. The van der Waals surface area contributed by atoms with Crippen LogP contribution in [0.1, 0.15) is 20.8 Å². The fourth-order valence-corrected chi connectivity index (χ4v) is 1.92. The van der Waals surface area contributed by atoms with Gasteiger partial charge in [0.05, 0.1) is 5.69 Å². The lowest BCUT2D eigenvalue weighted by atomic mass is 10.1. The van der Waals surface area contributed by atoms with Gasteiger partial charge in [0, 0.05) is 24.2 Å². The molecule has 0 bridgehead atoms. The van der Waals surface area contributed by atoms with Crippen LogP contribution in [0.3, 0.4) is 0 Å². The van der Waals surface area contributed by atoms with Gasteiger partial charge in [-0.25, -0.2) is 5.10 Å². The first-order valence-corrected chi connectivity index (χ1v) is 6.95. The van der Waals surface area contributed by atoms with E-state index in [0.717, 1.165) is 5.56 Å². The number of aromatic amines is 1. The van der Waals surface area contributed by atoms with Crippen LogP contribution < -0.4 is 10.9 Å². The van der Waals surface area contributed by atoms with Gasteiger partial charge in [0.25, 0.3) is 11.5 Å². The number of nitrogens with one attached hydrogen (secondary N) is 2. The minimum Gasteiger partial charge on any atom is -0.450 e. The van der Waals surface area contributed by atoms with E-state index in [2.05, 4.69) is 15.5 Å². The molecule has 0 aliphatic carbocycles. The van der Waals surface area contributed by atoms with E-state index >= 15 is 0 Å². The third-order valence-corrected chi connectivity index (χ3v) is 3.06. The molecule has 2 rings (SSSR count). The van der Waals surface area contributed by atoms with Gasteiger partial charge in [-0.05, 0) is 32.0 Å². The summed E-state index contributed by atoms with van der Waals surface area (Å²) in [4.78, 5) is 34.1. The number of benzene rings is 1. The number of hydrogen-bond donors (Lipinski definition) is 2. The van der Waals surface area contributed by atoms with E-state index in [0.29, 0.717) is 11.4 Å². The Labute approximate surface area is 132 Å². The molecule has 0 spiro atoms. The Kier molecular flexibility index (Phi) is 4.59. The minimum atomic E-state index is -1.26. The van der Waals surface area contributed by atoms with Crippen LogP contribution >= 0.6 is 0 Å². The summed E-state index contributed by atoms with van der Waals surface area (Å²) in [5, 5.41) is 8.97. The number of H-pyrrole nitrogens is 1. The average molecular weight is 315 g/mol. The molecule has 120 valence electrons. The van der Waals surface area contributed by atoms with Crippen molar-refractivity contribution >= 4 is 17.6 Å². The molecule has 1 amide bonds. The largest absolute Gasteiger partial charge is 0.450 e. The Morgan fingerprint density at radius 1 is 1.13 bits per heavy atom. The van der Waals surface area contributed by atoms with Gasteiger partial charge >= 0.3 is 5.97 Å². The molecule has 0 aliphatic rings. The third-order valence-electron chi connectivity index (χ3n) is 3.06. The Morgan fingerprint density at radius 3 is 2.30 bits per heavy atom. The molecule has 0 fully saturated rings. The molecule has 2 N–H and O–H groups in total. The maximum atomic E-state index is 12.1. The summed E-state index contributed by atoms with van der Waals surface area (Å²) < 4.78 is 4.98. The molecule has 1 aromatic carbocycles. The van der Waals surface area contributed by atoms with Crippen LogP contribution in [0, 0.1) is 0 Å².